The highest BCUT2D eigenvalue weighted by Gasteiger charge is 2.61. The molecule has 1 saturated heterocycles. The van der Waals surface area contributed by atoms with Crippen molar-refractivity contribution in [2.75, 3.05) is 5.88 Å². The van der Waals surface area contributed by atoms with Crippen LogP contribution in [0.5, 0.6) is 0 Å². The Hall–Kier alpha value is -1.62. The van der Waals surface area contributed by atoms with Crippen molar-refractivity contribution in [3.63, 3.8) is 0 Å². The lowest BCUT2D eigenvalue weighted by atomic mass is 9.67. The van der Waals surface area contributed by atoms with Gasteiger partial charge >= 0.3 is 11.9 Å². The average Bonchev–Trinajstić information content (AvgIpc) is 2.92. The highest BCUT2D eigenvalue weighted by Crippen LogP contribution is 2.54. The molecular weight excluding hydrogens is 320 g/mol. The third kappa shape index (κ3) is 2.24. The maximum absolute atomic E-state index is 12.6. The van der Waals surface area contributed by atoms with Gasteiger partial charge in [0.15, 0.2) is 5.78 Å². The van der Waals surface area contributed by atoms with Crippen molar-refractivity contribution < 1.29 is 23.9 Å². The van der Waals surface area contributed by atoms with E-state index in [2.05, 4.69) is 6.58 Å². The molecule has 0 radical (unpaired) electrons. The number of fused-ring (bicyclic) bond motifs is 2. The summed E-state index contributed by atoms with van der Waals surface area (Å²) in [5.41, 5.74) is -0.673. The molecule has 0 aromatic heterocycles. The van der Waals surface area contributed by atoms with E-state index in [4.69, 9.17) is 21.1 Å². The van der Waals surface area contributed by atoms with Gasteiger partial charge in [0.25, 0.3) is 0 Å². The molecule has 1 heterocycles. The second-order valence-corrected chi connectivity index (χ2v) is 7.05. The highest BCUT2D eigenvalue weighted by molar-refractivity contribution is 6.26. The van der Waals surface area contributed by atoms with Crippen LogP contribution in [0.2, 0.25) is 0 Å². The van der Waals surface area contributed by atoms with Gasteiger partial charge in [0.1, 0.15) is 18.1 Å². The number of hydrogen-bond donors (Lipinski definition) is 0. The van der Waals surface area contributed by atoms with Crippen LogP contribution in [0.4, 0.5) is 0 Å². The Morgan fingerprint density at radius 1 is 1.52 bits per heavy atom. The van der Waals surface area contributed by atoms with E-state index in [0.29, 0.717) is 6.42 Å². The molecule has 6 atom stereocenters. The molecule has 124 valence electrons. The summed E-state index contributed by atoms with van der Waals surface area (Å²) in [6.45, 7) is 7.62. The summed E-state index contributed by atoms with van der Waals surface area (Å²) in [6.07, 6.45) is 2.78. The zero-order chi connectivity index (χ0) is 16.9. The topological polar surface area (TPSA) is 69.7 Å². The molecule has 1 saturated carbocycles. The molecule has 0 amide bonds. The average molecular weight is 339 g/mol. The van der Waals surface area contributed by atoms with Crippen molar-refractivity contribution in [3.8, 4) is 0 Å². The second-order valence-electron chi connectivity index (χ2n) is 6.78. The van der Waals surface area contributed by atoms with Crippen molar-refractivity contribution in [2.45, 2.75) is 32.5 Å². The van der Waals surface area contributed by atoms with Crippen LogP contribution >= 0.6 is 11.6 Å². The highest BCUT2D eigenvalue weighted by atomic mass is 35.5. The first-order valence-corrected chi connectivity index (χ1v) is 8.22. The van der Waals surface area contributed by atoms with Crippen molar-refractivity contribution in [2.24, 2.45) is 23.2 Å². The summed E-state index contributed by atoms with van der Waals surface area (Å²) >= 11 is 5.58. The van der Waals surface area contributed by atoms with Gasteiger partial charge in [-0.3, -0.25) is 9.59 Å². The van der Waals surface area contributed by atoms with Crippen LogP contribution in [-0.4, -0.2) is 35.8 Å². The van der Waals surface area contributed by atoms with E-state index in [1.54, 1.807) is 13.0 Å². The molecule has 0 N–H and O–H groups in total. The number of allylic oxidation sites excluding steroid dienone is 2. The van der Waals surface area contributed by atoms with Gasteiger partial charge in [-0.1, -0.05) is 19.6 Å². The minimum atomic E-state index is -0.933. The molecule has 2 aliphatic carbocycles. The Balaban J connectivity index is 2.10. The fourth-order valence-corrected chi connectivity index (χ4v) is 4.38. The minimum absolute atomic E-state index is 0.0831. The van der Waals surface area contributed by atoms with E-state index >= 15 is 0 Å². The molecule has 0 aromatic rings. The van der Waals surface area contributed by atoms with Gasteiger partial charge in [-0.25, -0.2) is 4.79 Å². The quantitative estimate of drug-likeness (QED) is 0.438. The summed E-state index contributed by atoms with van der Waals surface area (Å²) in [5, 5.41) is 0. The predicted molar refractivity (Wildman–Crippen MR) is 82.6 cm³/mol. The molecule has 5 nitrogen and oxygen atoms in total. The smallest absolute Gasteiger partial charge is 0.334 e. The number of ether oxygens (including phenoxy) is 2. The van der Waals surface area contributed by atoms with E-state index in [0.717, 1.165) is 0 Å². The van der Waals surface area contributed by atoms with Crippen LogP contribution in [0.1, 0.15) is 20.3 Å². The number of rotatable bonds is 2. The zero-order valence-corrected chi connectivity index (χ0v) is 13.8. The van der Waals surface area contributed by atoms with Gasteiger partial charge in [0.2, 0.25) is 0 Å². The van der Waals surface area contributed by atoms with E-state index in [1.165, 1.54) is 0 Å². The fourth-order valence-electron chi connectivity index (χ4n) is 4.32. The maximum atomic E-state index is 12.6. The third-order valence-electron chi connectivity index (χ3n) is 5.50. The minimum Gasteiger partial charge on any atom is -0.460 e. The summed E-state index contributed by atoms with van der Waals surface area (Å²) in [4.78, 5) is 36.4. The normalized spacial score (nSPS) is 42.0. The molecule has 1 aliphatic heterocycles. The number of ketones is 1. The number of alkyl halides is 1. The molecule has 3 rings (SSSR count). The van der Waals surface area contributed by atoms with Crippen molar-refractivity contribution in [1.82, 2.24) is 0 Å². The summed E-state index contributed by atoms with van der Waals surface area (Å²) in [5.74, 6) is -2.01. The van der Waals surface area contributed by atoms with Gasteiger partial charge < -0.3 is 9.47 Å². The summed E-state index contributed by atoms with van der Waals surface area (Å²) < 4.78 is 11.0. The first-order valence-electron chi connectivity index (χ1n) is 7.68. The third-order valence-corrected chi connectivity index (χ3v) is 5.72. The molecular formula is C17H19ClO5. The molecule has 3 aliphatic rings. The molecule has 0 bridgehead atoms. The fraction of sp³-hybridized carbons (Fsp3) is 0.588. The zero-order valence-electron chi connectivity index (χ0n) is 13.1. The monoisotopic (exact) mass is 338 g/mol. The number of carbonyl (C=O) groups is 3. The Morgan fingerprint density at radius 2 is 2.22 bits per heavy atom. The van der Waals surface area contributed by atoms with E-state index in [-0.39, 0.29) is 29.1 Å². The molecule has 2 fully saturated rings. The van der Waals surface area contributed by atoms with Crippen molar-refractivity contribution in [1.29, 1.82) is 0 Å². The predicted octanol–water partition coefficient (Wildman–Crippen LogP) is 2.04. The Labute approximate surface area is 139 Å². The molecule has 0 unspecified atom stereocenters. The largest absolute Gasteiger partial charge is 0.460 e. The Morgan fingerprint density at radius 3 is 2.87 bits per heavy atom. The summed E-state index contributed by atoms with van der Waals surface area (Å²) in [7, 11) is 0. The van der Waals surface area contributed by atoms with Crippen LogP contribution in [0, 0.1) is 23.2 Å². The van der Waals surface area contributed by atoms with Crippen LogP contribution in [0.15, 0.2) is 24.3 Å². The number of halogens is 1. The standard InChI is InChI=1S/C17H19ClO5/c1-8-6-11-14(9(2)16(21)22-11)15(23-13(20)7-18)17(3)10(8)4-5-12(17)19/h4-5,8,10-11,14-15H,2,6-7H2,1,3H3/t8-,10+,11-,14-,15+,17+/m1/s1. The Kier molecular flexibility index (Phi) is 3.87. The number of hydrogen-bond acceptors (Lipinski definition) is 5. The van der Waals surface area contributed by atoms with Gasteiger partial charge in [-0.2, -0.15) is 0 Å². The Bertz CT molecular complexity index is 624. The van der Waals surface area contributed by atoms with E-state index in [9.17, 15) is 14.4 Å². The first-order chi connectivity index (χ1) is 10.8. The van der Waals surface area contributed by atoms with E-state index < -0.39 is 35.5 Å². The van der Waals surface area contributed by atoms with Crippen LogP contribution in [0.25, 0.3) is 0 Å². The number of carbonyl (C=O) groups excluding carboxylic acids is 3. The summed E-state index contributed by atoms with van der Waals surface area (Å²) in [6, 6.07) is 0. The molecule has 0 spiro atoms. The molecule has 23 heavy (non-hydrogen) atoms. The molecule has 6 heteroatoms. The van der Waals surface area contributed by atoms with Crippen LogP contribution < -0.4 is 0 Å². The van der Waals surface area contributed by atoms with Crippen molar-refractivity contribution in [3.05, 3.63) is 24.3 Å². The van der Waals surface area contributed by atoms with E-state index in [1.807, 2.05) is 13.0 Å². The maximum Gasteiger partial charge on any atom is 0.334 e. The van der Waals surface area contributed by atoms with Crippen LogP contribution in [-0.2, 0) is 23.9 Å². The van der Waals surface area contributed by atoms with Gasteiger partial charge in [0, 0.05) is 5.57 Å². The SMILES string of the molecule is C=C1C(=O)O[C@@H]2C[C@@H](C)[C@@H]3C=CC(=O)[C@@]3(C)[C@@H](OC(=O)CCl)[C@H]12. The lowest BCUT2D eigenvalue weighted by Gasteiger charge is -2.39. The second kappa shape index (κ2) is 5.48. The molecule has 0 aromatic carbocycles. The van der Waals surface area contributed by atoms with Gasteiger partial charge in [-0.05, 0) is 31.3 Å². The lowest BCUT2D eigenvalue weighted by Crippen LogP contribution is -2.49. The van der Waals surface area contributed by atoms with Gasteiger partial charge in [-0.15, -0.1) is 11.6 Å². The lowest BCUT2D eigenvalue weighted by molar-refractivity contribution is -0.162. The van der Waals surface area contributed by atoms with Crippen LogP contribution in [0.3, 0.4) is 0 Å². The first kappa shape index (κ1) is 16.2. The van der Waals surface area contributed by atoms with Crippen molar-refractivity contribution >= 4 is 29.3 Å². The number of esters is 2. The van der Waals surface area contributed by atoms with Gasteiger partial charge in [0.05, 0.1) is 11.3 Å².